The van der Waals surface area contributed by atoms with Crippen LogP contribution in [-0.4, -0.2) is 55.7 Å². The zero-order chi connectivity index (χ0) is 19.9. The summed E-state index contributed by atoms with van der Waals surface area (Å²) in [5.74, 6) is 2.35. The molecule has 3 rings (SSSR count). The second-order valence-electron chi connectivity index (χ2n) is 7.18. The van der Waals surface area contributed by atoms with E-state index >= 15 is 0 Å². The summed E-state index contributed by atoms with van der Waals surface area (Å²) in [5, 5.41) is 6.75. The van der Waals surface area contributed by atoms with Crippen molar-refractivity contribution in [2.75, 3.05) is 44.7 Å². The summed E-state index contributed by atoms with van der Waals surface area (Å²) in [6.07, 6.45) is 0. The molecule has 1 aromatic heterocycles. The lowest BCUT2D eigenvalue weighted by Gasteiger charge is -2.37. The summed E-state index contributed by atoms with van der Waals surface area (Å²) < 4.78 is 5.36. The van der Waals surface area contributed by atoms with Crippen LogP contribution in [0.15, 0.2) is 34.6 Å². The number of nitrogens with one attached hydrogen (secondary N) is 1. The zero-order valence-corrected chi connectivity index (χ0v) is 20.9. The van der Waals surface area contributed by atoms with Crippen molar-refractivity contribution in [2.45, 2.75) is 33.2 Å². The first-order chi connectivity index (χ1) is 13.6. The van der Waals surface area contributed by atoms with Gasteiger partial charge in [-0.3, -0.25) is 0 Å². The molecule has 0 radical (unpaired) electrons. The lowest BCUT2D eigenvalue weighted by Crippen LogP contribution is -2.52. The molecule has 1 saturated heterocycles. The molecule has 160 valence electrons. The fourth-order valence-corrected chi connectivity index (χ4v) is 4.05. The van der Waals surface area contributed by atoms with Crippen LogP contribution in [0.4, 0.5) is 5.69 Å². The van der Waals surface area contributed by atoms with E-state index < -0.39 is 0 Å². The average Bonchev–Trinajstić information content (AvgIpc) is 3.21. The molecule has 29 heavy (non-hydrogen) atoms. The van der Waals surface area contributed by atoms with Gasteiger partial charge in [0.2, 0.25) is 0 Å². The number of hydrogen-bond acceptors (Lipinski definition) is 5. The minimum atomic E-state index is 0. The van der Waals surface area contributed by atoms with Crippen molar-refractivity contribution in [3.8, 4) is 5.75 Å². The van der Waals surface area contributed by atoms with E-state index in [1.54, 1.807) is 18.4 Å². The Morgan fingerprint density at radius 1 is 1.28 bits per heavy atom. The fraction of sp³-hybridized carbons (Fsp3) is 0.524. The lowest BCUT2D eigenvalue weighted by molar-refractivity contribution is 0.372. The van der Waals surface area contributed by atoms with Gasteiger partial charge in [-0.2, -0.15) is 0 Å². The maximum atomic E-state index is 5.36. The predicted molar refractivity (Wildman–Crippen MR) is 133 cm³/mol. The lowest BCUT2D eigenvalue weighted by atomic mass is 10.2. The van der Waals surface area contributed by atoms with E-state index in [2.05, 4.69) is 53.4 Å². The van der Waals surface area contributed by atoms with Crippen LogP contribution in [-0.2, 0) is 6.54 Å². The Kier molecular flexibility index (Phi) is 9.48. The second kappa shape index (κ2) is 11.6. The first kappa shape index (κ1) is 23.7. The topological polar surface area (TPSA) is 53.0 Å². The molecule has 2 heterocycles. The van der Waals surface area contributed by atoms with Gasteiger partial charge in [0.25, 0.3) is 0 Å². The number of rotatable bonds is 6. The Hall–Kier alpha value is -1.55. The third kappa shape index (κ3) is 6.47. The molecular formula is C21H32IN5OS. The number of aromatic nitrogens is 1. The van der Waals surface area contributed by atoms with E-state index in [-0.39, 0.29) is 24.0 Å². The molecule has 1 aliphatic heterocycles. The van der Waals surface area contributed by atoms with Crippen LogP contribution in [0.3, 0.4) is 0 Å². The van der Waals surface area contributed by atoms with Crippen LogP contribution >= 0.6 is 35.3 Å². The highest BCUT2D eigenvalue weighted by Gasteiger charge is 2.20. The van der Waals surface area contributed by atoms with Crippen molar-refractivity contribution in [3.63, 3.8) is 0 Å². The van der Waals surface area contributed by atoms with E-state index in [9.17, 15) is 0 Å². The van der Waals surface area contributed by atoms with E-state index in [1.807, 2.05) is 12.1 Å². The quantitative estimate of drug-likeness (QED) is 0.346. The number of halogens is 1. The maximum absolute atomic E-state index is 5.36. The second-order valence-corrected chi connectivity index (χ2v) is 8.07. The van der Waals surface area contributed by atoms with Crippen molar-refractivity contribution in [3.05, 3.63) is 40.3 Å². The van der Waals surface area contributed by atoms with Crippen LogP contribution in [0.5, 0.6) is 5.75 Å². The van der Waals surface area contributed by atoms with Gasteiger partial charge in [-0.1, -0.05) is 19.9 Å². The highest BCUT2D eigenvalue weighted by molar-refractivity contribution is 14.0. The van der Waals surface area contributed by atoms with Crippen LogP contribution < -0.4 is 15.0 Å². The molecule has 6 nitrogen and oxygen atoms in total. The fourth-order valence-electron chi connectivity index (χ4n) is 3.23. The Morgan fingerprint density at radius 2 is 2.03 bits per heavy atom. The summed E-state index contributed by atoms with van der Waals surface area (Å²) in [7, 11) is 1.71. The summed E-state index contributed by atoms with van der Waals surface area (Å²) in [6, 6.07) is 8.28. The van der Waals surface area contributed by atoms with Crippen molar-refractivity contribution >= 4 is 47.0 Å². The van der Waals surface area contributed by atoms with Crippen LogP contribution in [0, 0.1) is 0 Å². The molecular weight excluding hydrogens is 497 g/mol. The molecule has 1 aliphatic rings. The van der Waals surface area contributed by atoms with Crippen molar-refractivity contribution in [1.29, 1.82) is 0 Å². The van der Waals surface area contributed by atoms with Crippen LogP contribution in [0.25, 0.3) is 0 Å². The maximum Gasteiger partial charge on any atom is 0.194 e. The molecule has 0 amide bonds. The third-order valence-electron chi connectivity index (χ3n) is 4.79. The number of benzene rings is 1. The predicted octanol–water partition coefficient (Wildman–Crippen LogP) is 4.18. The zero-order valence-electron chi connectivity index (χ0n) is 17.7. The first-order valence-corrected chi connectivity index (χ1v) is 10.8. The first-order valence-electron chi connectivity index (χ1n) is 9.97. The van der Waals surface area contributed by atoms with Crippen molar-refractivity contribution in [1.82, 2.24) is 15.2 Å². The average molecular weight is 529 g/mol. The van der Waals surface area contributed by atoms with Gasteiger partial charge >= 0.3 is 0 Å². The number of ether oxygens (including phenoxy) is 1. The van der Waals surface area contributed by atoms with E-state index in [0.717, 1.165) is 50.1 Å². The van der Waals surface area contributed by atoms with Gasteiger partial charge in [-0.05, 0) is 19.1 Å². The minimum Gasteiger partial charge on any atom is -0.497 e. The minimum absolute atomic E-state index is 0. The number of methoxy groups -OCH3 is 1. The molecule has 0 atom stereocenters. The number of piperazine rings is 1. The van der Waals surface area contributed by atoms with Crippen molar-refractivity contribution < 1.29 is 4.74 Å². The molecule has 0 spiro atoms. The Bertz CT molecular complexity index is 787. The number of guanidine groups is 1. The van der Waals surface area contributed by atoms with Crippen molar-refractivity contribution in [2.24, 2.45) is 4.99 Å². The molecule has 0 saturated carbocycles. The standard InChI is InChI=1S/C21H31N5OS.HI/c1-5-22-21(23-14-17-15-28-20(24-17)16(2)3)26-11-9-25(10-12-26)18-7-6-8-19(13-18)27-4;/h6-8,13,15-16H,5,9-12,14H2,1-4H3,(H,22,23);1H. The Morgan fingerprint density at radius 3 is 2.66 bits per heavy atom. The molecule has 0 aliphatic carbocycles. The Balaban J connectivity index is 0.00000300. The molecule has 0 unspecified atom stereocenters. The largest absolute Gasteiger partial charge is 0.497 e. The number of hydrogen-bond donors (Lipinski definition) is 1. The van der Waals surface area contributed by atoms with Crippen LogP contribution in [0.1, 0.15) is 37.4 Å². The molecule has 0 bridgehead atoms. The van der Waals surface area contributed by atoms with Gasteiger partial charge in [-0.25, -0.2) is 9.98 Å². The molecule has 2 aromatic rings. The van der Waals surface area contributed by atoms with Gasteiger partial charge in [0.15, 0.2) is 5.96 Å². The summed E-state index contributed by atoms with van der Waals surface area (Å²) >= 11 is 1.73. The van der Waals surface area contributed by atoms with E-state index in [0.29, 0.717) is 12.5 Å². The highest BCUT2D eigenvalue weighted by atomic mass is 127. The Labute approximate surface area is 195 Å². The smallest absolute Gasteiger partial charge is 0.194 e. The van der Waals surface area contributed by atoms with Gasteiger partial charge in [0.05, 0.1) is 24.4 Å². The van der Waals surface area contributed by atoms with Gasteiger partial charge in [0.1, 0.15) is 5.75 Å². The normalized spacial score (nSPS) is 14.7. The summed E-state index contributed by atoms with van der Waals surface area (Å²) in [6.45, 7) is 11.8. The summed E-state index contributed by atoms with van der Waals surface area (Å²) in [5.41, 5.74) is 2.27. The molecule has 1 aromatic carbocycles. The molecule has 8 heteroatoms. The van der Waals surface area contributed by atoms with E-state index in [4.69, 9.17) is 14.7 Å². The number of thiazole rings is 1. The van der Waals surface area contributed by atoms with Gasteiger partial charge < -0.3 is 19.9 Å². The molecule has 1 N–H and O–H groups in total. The van der Waals surface area contributed by atoms with E-state index in [1.165, 1.54) is 10.7 Å². The SMILES string of the molecule is CCNC(=NCc1csc(C(C)C)n1)N1CCN(c2cccc(OC)c2)CC1.I. The molecule has 1 fully saturated rings. The number of anilines is 1. The summed E-state index contributed by atoms with van der Waals surface area (Å²) in [4.78, 5) is 14.3. The number of nitrogens with zero attached hydrogens (tertiary/aromatic N) is 4. The number of aliphatic imine (C=N–C) groups is 1. The monoisotopic (exact) mass is 529 g/mol. The van der Waals surface area contributed by atoms with Gasteiger partial charge in [0, 0.05) is 55.8 Å². The highest BCUT2D eigenvalue weighted by Crippen LogP contribution is 2.22. The third-order valence-corrected chi connectivity index (χ3v) is 5.98. The van der Waals surface area contributed by atoms with Crippen LogP contribution in [0.2, 0.25) is 0 Å². The van der Waals surface area contributed by atoms with Gasteiger partial charge in [-0.15, -0.1) is 35.3 Å².